The van der Waals surface area contributed by atoms with Crippen LogP contribution in [0, 0.1) is 5.92 Å². The molecular weight excluding hydrogens is 278 g/mol. The fraction of sp³-hybridized carbons (Fsp3) is 0.611. The largest absolute Gasteiger partial charge is 0.496 e. The van der Waals surface area contributed by atoms with E-state index in [2.05, 4.69) is 0 Å². The Morgan fingerprint density at radius 1 is 1.32 bits per heavy atom. The van der Waals surface area contributed by atoms with Crippen LogP contribution in [0.1, 0.15) is 50.6 Å². The normalized spacial score (nSPS) is 31.5. The molecule has 0 unspecified atom stereocenters. The number of nitrogens with zero attached hydrogens (tertiary/aromatic N) is 1. The molecule has 1 amide bonds. The van der Waals surface area contributed by atoms with E-state index in [-0.39, 0.29) is 17.9 Å². The first-order chi connectivity index (χ1) is 10.6. The number of hydrogen-bond donors (Lipinski definition) is 1. The summed E-state index contributed by atoms with van der Waals surface area (Å²) in [6.07, 6.45) is 4.68. The monoisotopic (exact) mass is 303 g/mol. The fourth-order valence-corrected chi connectivity index (χ4v) is 4.33. The molecule has 120 valence electrons. The van der Waals surface area contributed by atoms with Gasteiger partial charge in [-0.25, -0.2) is 0 Å². The molecule has 0 spiro atoms. The van der Waals surface area contributed by atoms with E-state index in [9.17, 15) is 9.90 Å². The number of para-hydroxylation sites is 1. The highest BCUT2D eigenvalue weighted by Gasteiger charge is 2.50. The summed E-state index contributed by atoms with van der Waals surface area (Å²) in [6, 6.07) is 7.79. The summed E-state index contributed by atoms with van der Waals surface area (Å²) in [7, 11) is 1.66. The Labute approximate surface area is 132 Å². The van der Waals surface area contributed by atoms with Crippen LogP contribution in [0.5, 0.6) is 5.75 Å². The number of fused-ring (bicyclic) bond motifs is 1. The molecule has 1 aromatic rings. The van der Waals surface area contributed by atoms with Crippen molar-refractivity contribution in [3.8, 4) is 5.75 Å². The molecule has 1 aliphatic heterocycles. The van der Waals surface area contributed by atoms with Gasteiger partial charge in [0.25, 0.3) is 0 Å². The second-order valence-corrected chi connectivity index (χ2v) is 6.61. The maximum Gasteiger partial charge on any atom is 0.219 e. The number of methoxy groups -OCH3 is 1. The predicted molar refractivity (Wildman–Crippen MR) is 84.6 cm³/mol. The lowest BCUT2D eigenvalue weighted by Gasteiger charge is -2.52. The Hall–Kier alpha value is -1.55. The molecule has 1 aromatic carbocycles. The van der Waals surface area contributed by atoms with E-state index in [1.165, 1.54) is 0 Å². The Morgan fingerprint density at radius 2 is 2.09 bits per heavy atom. The zero-order valence-electron chi connectivity index (χ0n) is 13.4. The summed E-state index contributed by atoms with van der Waals surface area (Å²) in [6.45, 7) is 2.24. The minimum atomic E-state index is -0.643. The minimum Gasteiger partial charge on any atom is -0.496 e. The molecule has 1 aliphatic carbocycles. The highest BCUT2D eigenvalue weighted by atomic mass is 16.5. The summed E-state index contributed by atoms with van der Waals surface area (Å²) in [5, 5.41) is 11.1. The smallest absolute Gasteiger partial charge is 0.219 e. The number of rotatable bonds is 2. The van der Waals surface area contributed by atoms with Crippen molar-refractivity contribution in [2.75, 3.05) is 13.7 Å². The Balaban J connectivity index is 2.06. The molecule has 22 heavy (non-hydrogen) atoms. The van der Waals surface area contributed by atoms with E-state index in [1.54, 1.807) is 14.0 Å². The molecule has 2 fully saturated rings. The Morgan fingerprint density at radius 3 is 2.82 bits per heavy atom. The molecule has 0 radical (unpaired) electrons. The third kappa shape index (κ3) is 2.50. The molecular formula is C18H25NO3. The van der Waals surface area contributed by atoms with Crippen molar-refractivity contribution in [2.24, 2.45) is 5.92 Å². The van der Waals surface area contributed by atoms with E-state index in [1.807, 2.05) is 29.2 Å². The number of piperidine rings is 1. The Bertz CT molecular complexity index is 559. The summed E-state index contributed by atoms with van der Waals surface area (Å²) < 4.78 is 5.52. The topological polar surface area (TPSA) is 49.8 Å². The first-order valence-electron chi connectivity index (χ1n) is 8.19. The third-order valence-corrected chi connectivity index (χ3v) is 5.43. The van der Waals surface area contributed by atoms with Gasteiger partial charge in [-0.1, -0.05) is 31.0 Å². The molecule has 2 aliphatic rings. The first-order valence-corrected chi connectivity index (χ1v) is 8.19. The Kier molecular flexibility index (Phi) is 4.13. The standard InChI is InChI=1S/C18H25NO3/c1-13(20)19-12-11-18(21)10-6-5-8-15(18)17(19)14-7-3-4-9-16(14)22-2/h3-4,7,9,15,17,21H,5-6,8,10-12H2,1-2H3/t15-,17-,18+/m1/s1. The maximum atomic E-state index is 12.2. The average Bonchev–Trinajstić information content (AvgIpc) is 2.53. The summed E-state index contributed by atoms with van der Waals surface area (Å²) in [4.78, 5) is 14.1. The predicted octanol–water partition coefficient (Wildman–Crippen LogP) is 2.91. The molecule has 1 saturated carbocycles. The van der Waals surface area contributed by atoms with Crippen molar-refractivity contribution in [2.45, 2.75) is 50.7 Å². The summed E-state index contributed by atoms with van der Waals surface area (Å²) in [5.74, 6) is 0.965. The highest BCUT2D eigenvalue weighted by molar-refractivity contribution is 5.74. The van der Waals surface area contributed by atoms with Crippen LogP contribution in [0.3, 0.4) is 0 Å². The zero-order valence-corrected chi connectivity index (χ0v) is 13.4. The molecule has 3 rings (SSSR count). The van der Waals surface area contributed by atoms with Gasteiger partial charge in [0.05, 0.1) is 18.8 Å². The molecule has 3 atom stereocenters. The molecule has 1 saturated heterocycles. The van der Waals surface area contributed by atoms with Gasteiger partial charge in [0.1, 0.15) is 5.75 Å². The number of carbonyl (C=O) groups excluding carboxylic acids is 1. The second-order valence-electron chi connectivity index (χ2n) is 6.61. The quantitative estimate of drug-likeness (QED) is 0.914. The molecule has 0 aromatic heterocycles. The van der Waals surface area contributed by atoms with Gasteiger partial charge in [0.2, 0.25) is 5.91 Å². The van der Waals surface area contributed by atoms with Gasteiger partial charge in [-0.3, -0.25) is 4.79 Å². The van der Waals surface area contributed by atoms with Gasteiger partial charge in [-0.2, -0.15) is 0 Å². The number of ether oxygens (including phenoxy) is 1. The summed E-state index contributed by atoms with van der Waals surface area (Å²) in [5.41, 5.74) is 0.376. The lowest BCUT2D eigenvalue weighted by molar-refractivity contribution is -0.153. The van der Waals surface area contributed by atoms with Gasteiger partial charge in [-0.15, -0.1) is 0 Å². The highest BCUT2D eigenvalue weighted by Crippen LogP contribution is 2.50. The lowest BCUT2D eigenvalue weighted by Crippen LogP contribution is -2.55. The fourth-order valence-electron chi connectivity index (χ4n) is 4.33. The van der Waals surface area contributed by atoms with Gasteiger partial charge >= 0.3 is 0 Å². The number of aliphatic hydroxyl groups is 1. The number of amides is 1. The van der Waals surface area contributed by atoms with E-state index < -0.39 is 5.60 Å². The molecule has 1 heterocycles. The van der Waals surface area contributed by atoms with Crippen LogP contribution in [0.15, 0.2) is 24.3 Å². The summed E-state index contributed by atoms with van der Waals surface area (Å²) >= 11 is 0. The van der Waals surface area contributed by atoms with E-state index in [0.29, 0.717) is 13.0 Å². The van der Waals surface area contributed by atoms with Crippen LogP contribution >= 0.6 is 0 Å². The van der Waals surface area contributed by atoms with Crippen LogP contribution in [0.2, 0.25) is 0 Å². The van der Waals surface area contributed by atoms with Crippen molar-refractivity contribution in [3.05, 3.63) is 29.8 Å². The zero-order chi connectivity index (χ0) is 15.7. The number of likely N-dealkylation sites (tertiary alicyclic amines) is 1. The van der Waals surface area contributed by atoms with Crippen LogP contribution in [0.4, 0.5) is 0 Å². The van der Waals surface area contributed by atoms with E-state index in [4.69, 9.17) is 4.74 Å². The number of carbonyl (C=O) groups is 1. The molecule has 1 N–H and O–H groups in total. The second kappa shape index (κ2) is 5.92. The molecule has 4 nitrogen and oxygen atoms in total. The van der Waals surface area contributed by atoms with Gasteiger partial charge in [-0.05, 0) is 25.3 Å². The van der Waals surface area contributed by atoms with Crippen LogP contribution in [-0.2, 0) is 4.79 Å². The lowest BCUT2D eigenvalue weighted by atomic mass is 9.66. The van der Waals surface area contributed by atoms with Crippen molar-refractivity contribution in [1.29, 1.82) is 0 Å². The van der Waals surface area contributed by atoms with Crippen molar-refractivity contribution in [3.63, 3.8) is 0 Å². The maximum absolute atomic E-state index is 12.2. The molecule has 0 bridgehead atoms. The molecule has 4 heteroatoms. The van der Waals surface area contributed by atoms with Crippen molar-refractivity contribution < 1.29 is 14.6 Å². The van der Waals surface area contributed by atoms with Crippen LogP contribution < -0.4 is 4.74 Å². The van der Waals surface area contributed by atoms with Crippen LogP contribution in [-0.4, -0.2) is 35.2 Å². The minimum absolute atomic E-state index is 0.0727. The van der Waals surface area contributed by atoms with Crippen molar-refractivity contribution in [1.82, 2.24) is 4.90 Å². The number of hydrogen-bond acceptors (Lipinski definition) is 3. The third-order valence-electron chi connectivity index (χ3n) is 5.43. The van der Waals surface area contributed by atoms with Gasteiger partial charge < -0.3 is 14.7 Å². The SMILES string of the molecule is COc1ccccc1[C@@H]1[C@H]2CCCC[C@]2(O)CCN1C(C)=O. The van der Waals surface area contributed by atoms with E-state index in [0.717, 1.165) is 37.0 Å². The first kappa shape index (κ1) is 15.3. The van der Waals surface area contributed by atoms with E-state index >= 15 is 0 Å². The average molecular weight is 303 g/mol. The van der Waals surface area contributed by atoms with Gasteiger partial charge in [0, 0.05) is 24.9 Å². The van der Waals surface area contributed by atoms with Crippen molar-refractivity contribution >= 4 is 5.91 Å². The number of benzene rings is 1. The van der Waals surface area contributed by atoms with Crippen LogP contribution in [0.25, 0.3) is 0 Å². The van der Waals surface area contributed by atoms with Gasteiger partial charge in [0.15, 0.2) is 0 Å².